The lowest BCUT2D eigenvalue weighted by Gasteiger charge is -2.38. The third-order valence-corrected chi connectivity index (χ3v) is 10.0. The lowest BCUT2D eigenvalue weighted by Crippen LogP contribution is -2.58. The van der Waals surface area contributed by atoms with E-state index in [0.29, 0.717) is 37.1 Å². The van der Waals surface area contributed by atoms with E-state index < -0.39 is 74.3 Å². The van der Waals surface area contributed by atoms with Crippen molar-refractivity contribution in [3.63, 3.8) is 0 Å². The molecular weight excluding hydrogens is 622 g/mol. The lowest BCUT2D eigenvalue weighted by molar-refractivity contribution is -0.214. The van der Waals surface area contributed by atoms with Gasteiger partial charge in [-0.15, -0.1) is 0 Å². The van der Waals surface area contributed by atoms with Crippen LogP contribution in [0.3, 0.4) is 0 Å². The zero-order valence-electron chi connectivity index (χ0n) is 26.4. The van der Waals surface area contributed by atoms with Crippen LogP contribution in [0.4, 0.5) is 0 Å². The van der Waals surface area contributed by atoms with Crippen molar-refractivity contribution in [3.05, 3.63) is 58.7 Å². The highest BCUT2D eigenvalue weighted by atomic mass is 16.5. The number of aliphatic hydroxyl groups excluding tert-OH is 8. The van der Waals surface area contributed by atoms with Crippen molar-refractivity contribution in [2.24, 2.45) is 0 Å². The average molecular weight is 664 g/mol. The molecule has 6 rings (SSSR count). The van der Waals surface area contributed by atoms with Crippen LogP contribution in [0.2, 0.25) is 0 Å². The van der Waals surface area contributed by atoms with Crippen LogP contribution in [0.5, 0.6) is 0 Å². The fourth-order valence-electron chi connectivity index (χ4n) is 7.30. The molecule has 12 nitrogen and oxygen atoms in total. The van der Waals surface area contributed by atoms with Crippen molar-refractivity contribution in [2.45, 2.75) is 92.6 Å². The molecule has 3 heterocycles. The molecule has 2 aromatic carbocycles. The maximum atomic E-state index is 12.4. The van der Waals surface area contributed by atoms with E-state index in [1.807, 2.05) is 41.3 Å². The van der Waals surface area contributed by atoms with Crippen LogP contribution < -0.4 is 0 Å². The molecule has 2 unspecified atom stereocenters. The quantitative estimate of drug-likeness (QED) is 0.175. The molecule has 0 radical (unpaired) electrons. The van der Waals surface area contributed by atoms with Gasteiger partial charge in [0, 0.05) is 31.1 Å². The van der Waals surface area contributed by atoms with Gasteiger partial charge in [-0.3, -0.25) is 4.79 Å². The van der Waals surface area contributed by atoms with Gasteiger partial charge in [-0.25, -0.2) is 0 Å². The Kier molecular flexibility index (Phi) is 10.2. The number of nitrogens with zero attached hydrogens (tertiary/aromatic N) is 1. The summed E-state index contributed by atoms with van der Waals surface area (Å²) in [6.07, 6.45) is -11.8. The van der Waals surface area contributed by atoms with Crippen LogP contribution in [0, 0.1) is 23.7 Å². The number of hydrogen-bond donors (Lipinski definition) is 8. The number of carbonyl (C=O) groups excluding carboxylic acids is 1. The first kappa shape index (κ1) is 34.5. The van der Waals surface area contributed by atoms with Gasteiger partial charge in [-0.1, -0.05) is 35.8 Å². The van der Waals surface area contributed by atoms with E-state index in [0.717, 1.165) is 22.3 Å². The maximum Gasteiger partial charge on any atom is 0.219 e. The third-order valence-electron chi connectivity index (χ3n) is 10.0. The minimum Gasteiger partial charge on any atom is -0.394 e. The minimum atomic E-state index is -1.52. The molecule has 12 atom stereocenters. The first-order chi connectivity index (χ1) is 23.0. The van der Waals surface area contributed by atoms with E-state index >= 15 is 0 Å². The van der Waals surface area contributed by atoms with E-state index in [9.17, 15) is 45.6 Å². The van der Waals surface area contributed by atoms with E-state index in [-0.39, 0.29) is 17.7 Å². The van der Waals surface area contributed by atoms with Crippen LogP contribution in [-0.2, 0) is 14.3 Å². The predicted octanol–water partition coefficient (Wildman–Crippen LogP) is -1.44. The van der Waals surface area contributed by atoms with Crippen LogP contribution in [0.15, 0.2) is 36.4 Å². The van der Waals surface area contributed by atoms with Crippen molar-refractivity contribution in [1.29, 1.82) is 0 Å². The molecule has 3 fully saturated rings. The Bertz CT molecular complexity index is 1520. The number of amides is 1. The molecule has 4 aliphatic rings. The zero-order valence-corrected chi connectivity index (χ0v) is 26.4. The van der Waals surface area contributed by atoms with Gasteiger partial charge in [0.1, 0.15) is 61.0 Å². The van der Waals surface area contributed by atoms with E-state index in [1.165, 1.54) is 0 Å². The molecule has 1 aliphatic carbocycles. The highest BCUT2D eigenvalue weighted by Gasteiger charge is 2.44. The topological polar surface area (TPSA) is 201 Å². The summed E-state index contributed by atoms with van der Waals surface area (Å²) in [4.78, 5) is 14.2. The van der Waals surface area contributed by atoms with Crippen molar-refractivity contribution < 1.29 is 55.1 Å². The number of carbonyl (C=O) groups is 1. The molecule has 1 amide bonds. The zero-order chi connectivity index (χ0) is 34.3. The monoisotopic (exact) mass is 663 g/mol. The number of rotatable bonds is 2. The summed E-state index contributed by atoms with van der Waals surface area (Å²) in [6.45, 7) is 1.66. The summed E-state index contributed by atoms with van der Waals surface area (Å²) < 4.78 is 11.1. The lowest BCUT2D eigenvalue weighted by atomic mass is 9.69. The van der Waals surface area contributed by atoms with Gasteiger partial charge in [0.05, 0.1) is 13.2 Å². The minimum absolute atomic E-state index is 0.00684. The number of benzene rings is 2. The van der Waals surface area contributed by atoms with Crippen molar-refractivity contribution >= 4 is 5.91 Å². The first-order valence-electron chi connectivity index (χ1n) is 16.2. The molecule has 0 saturated carbocycles. The van der Waals surface area contributed by atoms with Crippen molar-refractivity contribution in [3.8, 4) is 34.8 Å². The van der Waals surface area contributed by atoms with Crippen molar-refractivity contribution in [2.75, 3.05) is 26.3 Å². The molecule has 256 valence electrons. The van der Waals surface area contributed by atoms with Gasteiger partial charge >= 0.3 is 0 Å². The summed E-state index contributed by atoms with van der Waals surface area (Å²) in [5.74, 6) is 11.9. The second-order valence-electron chi connectivity index (χ2n) is 12.9. The Hall–Kier alpha value is -3.37. The summed E-state index contributed by atoms with van der Waals surface area (Å²) in [7, 11) is 0. The average Bonchev–Trinajstić information content (AvgIpc) is 3.33. The van der Waals surface area contributed by atoms with Crippen LogP contribution in [0.1, 0.15) is 53.9 Å². The van der Waals surface area contributed by atoms with Gasteiger partial charge in [0.25, 0.3) is 0 Å². The normalized spacial score (nSPS) is 35.8. The van der Waals surface area contributed by atoms with E-state index in [1.54, 1.807) is 6.92 Å². The molecule has 0 aromatic heterocycles. The molecule has 2 aromatic rings. The summed E-state index contributed by atoms with van der Waals surface area (Å²) in [5.41, 5.74) is 5.46. The molecule has 8 N–H and O–H groups in total. The Morgan fingerprint density at radius 1 is 0.688 bits per heavy atom. The Morgan fingerprint density at radius 2 is 1.10 bits per heavy atom. The molecule has 0 bridgehead atoms. The Morgan fingerprint density at radius 3 is 1.48 bits per heavy atom. The Balaban J connectivity index is 1.34. The second kappa shape index (κ2) is 14.2. The first-order valence-corrected chi connectivity index (χ1v) is 16.2. The number of aliphatic hydroxyl groups is 8. The van der Waals surface area contributed by atoms with Crippen molar-refractivity contribution in [1.82, 2.24) is 4.90 Å². The van der Waals surface area contributed by atoms with Crippen LogP contribution in [-0.4, -0.2) is 139 Å². The summed E-state index contributed by atoms with van der Waals surface area (Å²) in [5, 5.41) is 80.4. The molecule has 48 heavy (non-hydrogen) atoms. The molecular formula is C36H41NO11. The standard InChI is InChI=1S/C36H41NO11/c1-18(40)37-12-10-23-24(11-13-37)26-15-20(5-9-28-32(42)36(46)34(44)30(17-39)48-28)3-7-22(26)21-6-2-19(14-25(21)23)4-8-27-31(41)35(45)33(43)29(16-38)47-27/h2-3,6-7,14-15,23-24,27-36,38-39,41-46H,10-13,16-17H2,1H3/t23?,24?,27-,28-,29-,30-,31-,32-,33-,34-,35-,36-/m1/s1. The Labute approximate surface area is 278 Å². The number of ether oxygens (including phenoxy) is 2. The number of hydrogen-bond acceptors (Lipinski definition) is 11. The van der Waals surface area contributed by atoms with Crippen LogP contribution >= 0.6 is 0 Å². The van der Waals surface area contributed by atoms with Gasteiger partial charge in [-0.05, 0) is 71.2 Å². The third kappa shape index (κ3) is 6.50. The molecule has 3 aliphatic heterocycles. The van der Waals surface area contributed by atoms with E-state index in [4.69, 9.17) is 9.47 Å². The highest BCUT2D eigenvalue weighted by Crippen LogP contribution is 2.51. The van der Waals surface area contributed by atoms with Gasteiger partial charge < -0.3 is 55.2 Å². The fraction of sp³-hybridized carbons (Fsp3) is 0.528. The van der Waals surface area contributed by atoms with Gasteiger partial charge in [0.15, 0.2) is 0 Å². The molecule has 3 saturated heterocycles. The summed E-state index contributed by atoms with van der Waals surface area (Å²) >= 11 is 0. The second-order valence-corrected chi connectivity index (χ2v) is 12.9. The predicted molar refractivity (Wildman–Crippen MR) is 170 cm³/mol. The smallest absolute Gasteiger partial charge is 0.219 e. The fourth-order valence-corrected chi connectivity index (χ4v) is 7.30. The molecule has 12 heteroatoms. The van der Waals surface area contributed by atoms with Gasteiger partial charge in [0.2, 0.25) is 5.91 Å². The SMILES string of the molecule is CC(=O)N1CCC2c3cc(C#C[C@H]4O[C@H](CO)[C@@H](O)[C@H](O)[C@@H]4O)ccc3-c3ccc(C#C[C@H]4O[C@H](CO)[C@@H](O)[C@H](O)[C@@H]4O)cc3C2CC1. The largest absolute Gasteiger partial charge is 0.394 e. The maximum absolute atomic E-state index is 12.4. The number of fused-ring (bicyclic) bond motifs is 6. The number of likely N-dealkylation sites (tertiary alicyclic amines) is 1. The molecule has 0 spiro atoms. The highest BCUT2D eigenvalue weighted by molar-refractivity contribution is 5.77. The van der Waals surface area contributed by atoms with Crippen LogP contribution in [0.25, 0.3) is 11.1 Å². The summed E-state index contributed by atoms with van der Waals surface area (Å²) in [6, 6.07) is 11.7. The van der Waals surface area contributed by atoms with E-state index in [2.05, 4.69) is 23.7 Å². The van der Waals surface area contributed by atoms with Gasteiger partial charge in [-0.2, -0.15) is 0 Å².